The lowest BCUT2D eigenvalue weighted by Crippen LogP contribution is -2.40. The Balaban J connectivity index is 2.15. The van der Waals surface area contributed by atoms with Crippen LogP contribution in [0.5, 0.6) is 11.5 Å². The SMILES string of the molecule is CCOc1c(Cl)cc(C(=O)N(C)C2CCC(OC)CC2)cc1OC. The molecule has 0 aromatic heterocycles. The third-order valence-corrected chi connectivity index (χ3v) is 4.89. The Morgan fingerprint density at radius 1 is 1.25 bits per heavy atom. The molecule has 1 amide bonds. The van der Waals surface area contributed by atoms with Gasteiger partial charge in [-0.05, 0) is 44.7 Å². The van der Waals surface area contributed by atoms with Crippen LogP contribution >= 0.6 is 11.6 Å². The highest BCUT2D eigenvalue weighted by Crippen LogP contribution is 2.37. The molecule has 0 spiro atoms. The highest BCUT2D eigenvalue weighted by molar-refractivity contribution is 6.32. The Labute approximate surface area is 148 Å². The van der Waals surface area contributed by atoms with Crippen LogP contribution in [0.2, 0.25) is 5.02 Å². The molecule has 1 fully saturated rings. The van der Waals surface area contributed by atoms with Gasteiger partial charge in [0.05, 0.1) is 24.8 Å². The maximum absolute atomic E-state index is 12.8. The van der Waals surface area contributed by atoms with Crippen LogP contribution in [0.1, 0.15) is 43.0 Å². The van der Waals surface area contributed by atoms with Crippen LogP contribution in [-0.4, -0.2) is 50.8 Å². The maximum atomic E-state index is 12.8. The minimum atomic E-state index is -0.0564. The lowest BCUT2D eigenvalue weighted by atomic mass is 9.91. The molecule has 24 heavy (non-hydrogen) atoms. The minimum absolute atomic E-state index is 0.0564. The first-order valence-electron chi connectivity index (χ1n) is 8.32. The van der Waals surface area contributed by atoms with Gasteiger partial charge >= 0.3 is 0 Å². The molecule has 0 unspecified atom stereocenters. The first-order chi connectivity index (χ1) is 11.5. The lowest BCUT2D eigenvalue weighted by molar-refractivity contribution is 0.0386. The summed E-state index contributed by atoms with van der Waals surface area (Å²) < 4.78 is 16.2. The fraction of sp³-hybridized carbons (Fsp3) is 0.611. The number of hydrogen-bond acceptors (Lipinski definition) is 4. The van der Waals surface area contributed by atoms with E-state index in [4.69, 9.17) is 25.8 Å². The molecule has 1 aromatic carbocycles. The summed E-state index contributed by atoms with van der Waals surface area (Å²) in [6, 6.07) is 3.56. The smallest absolute Gasteiger partial charge is 0.254 e. The van der Waals surface area contributed by atoms with Crippen molar-refractivity contribution >= 4 is 17.5 Å². The molecular formula is C18H26ClNO4. The number of nitrogens with zero attached hydrogens (tertiary/aromatic N) is 1. The van der Waals surface area contributed by atoms with E-state index in [0.717, 1.165) is 25.7 Å². The van der Waals surface area contributed by atoms with E-state index in [1.807, 2.05) is 14.0 Å². The molecule has 2 rings (SSSR count). The molecule has 0 bridgehead atoms. The predicted octanol–water partition coefficient (Wildman–Crippen LogP) is 3.78. The van der Waals surface area contributed by atoms with E-state index >= 15 is 0 Å². The second kappa shape index (κ2) is 8.58. The van der Waals surface area contributed by atoms with E-state index in [1.54, 1.807) is 24.1 Å². The van der Waals surface area contributed by atoms with Gasteiger partial charge in [0, 0.05) is 25.8 Å². The number of methoxy groups -OCH3 is 2. The Morgan fingerprint density at radius 2 is 1.92 bits per heavy atom. The van der Waals surface area contributed by atoms with Crippen molar-refractivity contribution in [1.29, 1.82) is 0 Å². The van der Waals surface area contributed by atoms with Gasteiger partial charge in [-0.25, -0.2) is 0 Å². The van der Waals surface area contributed by atoms with Gasteiger partial charge in [-0.2, -0.15) is 0 Å². The van der Waals surface area contributed by atoms with Gasteiger partial charge in [0.1, 0.15) is 0 Å². The second-order valence-corrected chi connectivity index (χ2v) is 6.41. The Hall–Kier alpha value is -1.46. The van der Waals surface area contributed by atoms with Crippen LogP contribution in [0.15, 0.2) is 12.1 Å². The number of benzene rings is 1. The third-order valence-electron chi connectivity index (χ3n) is 4.61. The van der Waals surface area contributed by atoms with E-state index in [2.05, 4.69) is 0 Å². The Kier molecular flexibility index (Phi) is 6.75. The average molecular weight is 356 g/mol. The summed E-state index contributed by atoms with van der Waals surface area (Å²) in [6.45, 7) is 2.35. The van der Waals surface area contributed by atoms with Crippen LogP contribution in [0, 0.1) is 0 Å². The van der Waals surface area contributed by atoms with Gasteiger partial charge in [0.25, 0.3) is 5.91 Å². The molecule has 0 atom stereocenters. The zero-order chi connectivity index (χ0) is 17.7. The zero-order valence-electron chi connectivity index (χ0n) is 14.8. The quantitative estimate of drug-likeness (QED) is 0.779. The minimum Gasteiger partial charge on any atom is -0.493 e. The molecule has 134 valence electrons. The number of carbonyl (C=O) groups is 1. The van der Waals surface area contributed by atoms with Crippen molar-refractivity contribution in [1.82, 2.24) is 4.90 Å². The van der Waals surface area contributed by atoms with Crippen LogP contribution < -0.4 is 9.47 Å². The first kappa shape index (κ1) is 18.9. The molecule has 1 aliphatic rings. The van der Waals surface area contributed by atoms with Gasteiger partial charge in [-0.15, -0.1) is 0 Å². The van der Waals surface area contributed by atoms with Gasteiger partial charge in [-0.1, -0.05) is 11.6 Å². The molecule has 0 radical (unpaired) electrons. The highest BCUT2D eigenvalue weighted by atomic mass is 35.5. The second-order valence-electron chi connectivity index (χ2n) is 6.00. The van der Waals surface area contributed by atoms with Crippen molar-refractivity contribution in [3.05, 3.63) is 22.7 Å². The van der Waals surface area contributed by atoms with Gasteiger partial charge in [0.15, 0.2) is 11.5 Å². The molecule has 1 saturated carbocycles. The summed E-state index contributed by atoms with van der Waals surface area (Å²) in [7, 11) is 5.13. The fourth-order valence-corrected chi connectivity index (χ4v) is 3.43. The van der Waals surface area contributed by atoms with Crippen LogP contribution in [-0.2, 0) is 4.74 Å². The molecular weight excluding hydrogens is 330 g/mol. The topological polar surface area (TPSA) is 48.0 Å². The largest absolute Gasteiger partial charge is 0.493 e. The van der Waals surface area contributed by atoms with E-state index in [0.29, 0.717) is 34.8 Å². The number of halogens is 1. The maximum Gasteiger partial charge on any atom is 0.254 e. The summed E-state index contributed by atoms with van der Waals surface area (Å²) in [5, 5.41) is 0.385. The summed E-state index contributed by atoms with van der Waals surface area (Å²) >= 11 is 6.27. The average Bonchev–Trinajstić information content (AvgIpc) is 2.62. The predicted molar refractivity (Wildman–Crippen MR) is 94.3 cm³/mol. The standard InChI is InChI=1S/C18H26ClNO4/c1-5-24-17-15(19)10-12(11-16(17)23-4)18(21)20(2)13-6-8-14(22-3)9-7-13/h10-11,13-14H,5-9H2,1-4H3. The van der Waals surface area contributed by atoms with E-state index in [1.165, 1.54) is 7.11 Å². The highest BCUT2D eigenvalue weighted by Gasteiger charge is 2.28. The first-order valence-corrected chi connectivity index (χ1v) is 8.69. The summed E-state index contributed by atoms with van der Waals surface area (Å²) in [4.78, 5) is 14.6. The third kappa shape index (κ3) is 4.14. The molecule has 0 aliphatic heterocycles. The number of ether oxygens (including phenoxy) is 3. The molecule has 1 aromatic rings. The van der Waals surface area contributed by atoms with Gasteiger partial charge < -0.3 is 19.1 Å². The van der Waals surface area contributed by atoms with Gasteiger partial charge in [0.2, 0.25) is 0 Å². The molecule has 0 heterocycles. The van der Waals surface area contributed by atoms with Crippen molar-refractivity contribution in [3.8, 4) is 11.5 Å². The van der Waals surface area contributed by atoms with Crippen LogP contribution in [0.25, 0.3) is 0 Å². The number of hydrogen-bond donors (Lipinski definition) is 0. The number of amides is 1. The lowest BCUT2D eigenvalue weighted by Gasteiger charge is -2.34. The molecule has 6 heteroatoms. The van der Waals surface area contributed by atoms with E-state index in [-0.39, 0.29) is 11.9 Å². The normalized spacial score (nSPS) is 20.5. The van der Waals surface area contributed by atoms with Crippen molar-refractivity contribution in [3.63, 3.8) is 0 Å². The molecule has 5 nitrogen and oxygen atoms in total. The number of rotatable bonds is 6. The Bertz CT molecular complexity index is 570. The monoisotopic (exact) mass is 355 g/mol. The number of carbonyl (C=O) groups excluding carboxylic acids is 1. The van der Waals surface area contributed by atoms with Crippen LogP contribution in [0.4, 0.5) is 0 Å². The zero-order valence-corrected chi connectivity index (χ0v) is 15.6. The van der Waals surface area contributed by atoms with Crippen molar-refractivity contribution in [2.24, 2.45) is 0 Å². The van der Waals surface area contributed by atoms with Gasteiger partial charge in [-0.3, -0.25) is 4.79 Å². The fourth-order valence-electron chi connectivity index (χ4n) is 3.17. The van der Waals surface area contributed by atoms with Crippen molar-refractivity contribution < 1.29 is 19.0 Å². The van der Waals surface area contributed by atoms with E-state index in [9.17, 15) is 4.79 Å². The van der Waals surface area contributed by atoms with Crippen molar-refractivity contribution in [2.75, 3.05) is 27.9 Å². The summed E-state index contributed by atoms with van der Waals surface area (Å²) in [6.07, 6.45) is 4.16. The van der Waals surface area contributed by atoms with Crippen LogP contribution in [0.3, 0.4) is 0 Å². The molecule has 1 aliphatic carbocycles. The summed E-state index contributed by atoms with van der Waals surface area (Å²) in [5.41, 5.74) is 0.511. The Morgan fingerprint density at radius 3 is 2.46 bits per heavy atom. The van der Waals surface area contributed by atoms with Crippen molar-refractivity contribution in [2.45, 2.75) is 44.8 Å². The van der Waals surface area contributed by atoms with E-state index < -0.39 is 0 Å². The summed E-state index contributed by atoms with van der Waals surface area (Å²) in [5.74, 6) is 0.893. The molecule has 0 saturated heterocycles. The molecule has 0 N–H and O–H groups in total.